The van der Waals surface area contributed by atoms with E-state index >= 15 is 0 Å². The molecule has 4 aliphatic rings. The van der Waals surface area contributed by atoms with Crippen LogP contribution in [0.4, 0.5) is 0 Å². The summed E-state index contributed by atoms with van der Waals surface area (Å²) >= 11 is 8.18. The average Bonchev–Trinajstić information content (AvgIpc) is 2.08. The van der Waals surface area contributed by atoms with Crippen molar-refractivity contribution in [2.24, 2.45) is 11.3 Å². The number of alkyl halides is 2. The van der Waals surface area contributed by atoms with Crippen molar-refractivity contribution in [2.45, 2.75) is 73.4 Å². The summed E-state index contributed by atoms with van der Waals surface area (Å²) in [6.45, 7) is 2.33. The summed E-state index contributed by atoms with van der Waals surface area (Å²) in [4.78, 5) is 0. The first-order valence-corrected chi connectivity index (χ1v) is 8.43. The van der Waals surface area contributed by atoms with Crippen LogP contribution in [0.2, 0.25) is 0 Å². The second-order valence-corrected chi connectivity index (χ2v) is 10.3. The molecule has 0 aromatic rings. The van der Waals surface area contributed by atoms with Crippen LogP contribution in [0.15, 0.2) is 0 Å². The van der Waals surface area contributed by atoms with Gasteiger partial charge in [-0.3, -0.25) is 0 Å². The molecule has 0 heterocycles. The molecule has 0 spiro atoms. The van der Waals surface area contributed by atoms with E-state index in [1.54, 1.807) is 0 Å². The Bertz CT molecular complexity index is 281. The van der Waals surface area contributed by atoms with Crippen molar-refractivity contribution < 1.29 is 0 Å². The Labute approximate surface area is 116 Å². The average molecular weight is 350 g/mol. The van der Waals surface area contributed by atoms with Gasteiger partial charge in [-0.2, -0.15) is 0 Å². The van der Waals surface area contributed by atoms with Crippen molar-refractivity contribution in [3.8, 4) is 0 Å². The highest BCUT2D eigenvalue weighted by Crippen LogP contribution is 2.69. The molecule has 0 amide bonds. The summed E-state index contributed by atoms with van der Waals surface area (Å²) < 4.78 is 0.979. The molecule has 92 valence electrons. The zero-order chi connectivity index (χ0) is 11.4. The van der Waals surface area contributed by atoms with E-state index in [-0.39, 0.29) is 0 Å². The fourth-order valence-corrected chi connectivity index (χ4v) is 8.78. The second kappa shape index (κ2) is 3.73. The van der Waals surface area contributed by atoms with Gasteiger partial charge in [0.1, 0.15) is 0 Å². The highest BCUT2D eigenvalue weighted by molar-refractivity contribution is 9.10. The molecule has 0 aromatic carbocycles. The molecule has 4 bridgehead atoms. The highest BCUT2D eigenvalue weighted by atomic mass is 79.9. The van der Waals surface area contributed by atoms with Gasteiger partial charge in [-0.15, -0.1) is 0 Å². The minimum absolute atomic E-state index is 0.490. The summed E-state index contributed by atoms with van der Waals surface area (Å²) in [5.74, 6) is 0.992. The van der Waals surface area contributed by atoms with Crippen LogP contribution < -0.4 is 0 Å². The second-order valence-electron chi connectivity index (χ2n) is 6.91. The summed E-state index contributed by atoms with van der Waals surface area (Å²) in [5, 5.41) is 0. The van der Waals surface area contributed by atoms with Crippen LogP contribution in [0.3, 0.4) is 0 Å². The fourth-order valence-electron chi connectivity index (χ4n) is 5.23. The monoisotopic (exact) mass is 348 g/mol. The molecule has 0 radical (unpaired) electrons. The third-order valence-corrected chi connectivity index (χ3v) is 6.88. The Balaban J connectivity index is 1.86. The van der Waals surface area contributed by atoms with Crippen LogP contribution >= 0.6 is 31.9 Å². The van der Waals surface area contributed by atoms with Gasteiger partial charge in [0.05, 0.1) is 0 Å². The maximum atomic E-state index is 4.09. The van der Waals surface area contributed by atoms with E-state index in [0.29, 0.717) is 14.1 Å². The van der Waals surface area contributed by atoms with Gasteiger partial charge in [0.15, 0.2) is 0 Å². The standard InChI is InChI=1S/C14H22Br2/c1-2-3-4-12-5-11-6-13(15,8-12)10-14(16,7-11)9-12/h11H,2-10H2,1H3/t11?,12?,13-,14+. The van der Waals surface area contributed by atoms with E-state index in [1.165, 1.54) is 57.8 Å². The Morgan fingerprint density at radius 1 is 1.00 bits per heavy atom. The van der Waals surface area contributed by atoms with Crippen molar-refractivity contribution in [3.63, 3.8) is 0 Å². The van der Waals surface area contributed by atoms with E-state index in [0.717, 1.165) is 5.92 Å². The fraction of sp³-hybridized carbons (Fsp3) is 1.00. The first-order chi connectivity index (χ1) is 7.47. The molecular formula is C14H22Br2. The van der Waals surface area contributed by atoms with E-state index in [9.17, 15) is 0 Å². The van der Waals surface area contributed by atoms with Crippen LogP contribution in [-0.2, 0) is 0 Å². The van der Waals surface area contributed by atoms with Gasteiger partial charge in [-0.05, 0) is 56.3 Å². The van der Waals surface area contributed by atoms with Gasteiger partial charge in [0.2, 0.25) is 0 Å². The van der Waals surface area contributed by atoms with Gasteiger partial charge < -0.3 is 0 Å². The smallest absolute Gasteiger partial charge is 0.0279 e. The zero-order valence-electron chi connectivity index (χ0n) is 10.2. The Morgan fingerprint density at radius 2 is 1.62 bits per heavy atom. The van der Waals surface area contributed by atoms with Crippen molar-refractivity contribution in [1.82, 2.24) is 0 Å². The van der Waals surface area contributed by atoms with Crippen LogP contribution in [0.1, 0.15) is 64.7 Å². The summed E-state index contributed by atoms with van der Waals surface area (Å²) in [6.07, 6.45) is 12.9. The van der Waals surface area contributed by atoms with E-state index in [4.69, 9.17) is 0 Å². The topological polar surface area (TPSA) is 0 Å². The third-order valence-electron chi connectivity index (χ3n) is 5.11. The van der Waals surface area contributed by atoms with Gasteiger partial charge >= 0.3 is 0 Å². The van der Waals surface area contributed by atoms with Crippen molar-refractivity contribution in [1.29, 1.82) is 0 Å². The zero-order valence-corrected chi connectivity index (χ0v) is 13.4. The molecule has 4 atom stereocenters. The summed E-state index contributed by atoms with van der Waals surface area (Å²) in [6, 6.07) is 0. The number of unbranched alkanes of at least 4 members (excludes halogenated alkanes) is 1. The molecule has 16 heavy (non-hydrogen) atoms. The Kier molecular flexibility index (Phi) is 2.80. The molecule has 2 unspecified atom stereocenters. The summed E-state index contributed by atoms with van der Waals surface area (Å²) in [7, 11) is 0. The largest absolute Gasteiger partial charge is 0.0852 e. The maximum absolute atomic E-state index is 4.09. The molecule has 4 rings (SSSR count). The van der Waals surface area contributed by atoms with Crippen molar-refractivity contribution >= 4 is 31.9 Å². The molecule has 0 aromatic heterocycles. The maximum Gasteiger partial charge on any atom is 0.0279 e. The molecule has 4 aliphatic carbocycles. The van der Waals surface area contributed by atoms with Gasteiger partial charge in [0, 0.05) is 8.65 Å². The van der Waals surface area contributed by atoms with Crippen LogP contribution in [0, 0.1) is 11.3 Å². The molecule has 0 nitrogen and oxygen atoms in total. The van der Waals surface area contributed by atoms with Crippen molar-refractivity contribution in [2.75, 3.05) is 0 Å². The van der Waals surface area contributed by atoms with Gasteiger partial charge in [-0.1, -0.05) is 51.6 Å². The van der Waals surface area contributed by atoms with E-state index < -0.39 is 0 Å². The lowest BCUT2D eigenvalue weighted by Gasteiger charge is -2.64. The van der Waals surface area contributed by atoms with Crippen LogP contribution in [0.25, 0.3) is 0 Å². The quantitative estimate of drug-likeness (QED) is 0.596. The molecule has 4 fully saturated rings. The normalized spacial score (nSPS) is 54.6. The van der Waals surface area contributed by atoms with Gasteiger partial charge in [-0.25, -0.2) is 0 Å². The molecule has 0 saturated heterocycles. The molecule has 2 heteroatoms. The molecule has 0 N–H and O–H groups in total. The minimum atomic E-state index is 0.490. The lowest BCUT2D eigenvalue weighted by molar-refractivity contribution is -0.0234. The van der Waals surface area contributed by atoms with Gasteiger partial charge in [0.25, 0.3) is 0 Å². The predicted molar refractivity (Wildman–Crippen MR) is 76.5 cm³/mol. The highest BCUT2D eigenvalue weighted by Gasteiger charge is 2.61. The Morgan fingerprint density at radius 3 is 2.12 bits per heavy atom. The Hall–Kier alpha value is 0.960. The molecule has 0 aliphatic heterocycles. The lowest BCUT2D eigenvalue weighted by Crippen LogP contribution is -2.58. The van der Waals surface area contributed by atoms with E-state index in [2.05, 4.69) is 38.8 Å². The first-order valence-electron chi connectivity index (χ1n) is 6.85. The minimum Gasteiger partial charge on any atom is -0.0852 e. The first kappa shape index (κ1) is 12.0. The third kappa shape index (κ3) is 1.92. The number of halogens is 2. The number of rotatable bonds is 3. The predicted octanol–water partition coefficient (Wildman–Crippen LogP) is 5.43. The number of hydrogen-bond donors (Lipinski definition) is 0. The summed E-state index contributed by atoms with van der Waals surface area (Å²) in [5.41, 5.74) is 0.683. The number of hydrogen-bond acceptors (Lipinski definition) is 0. The SMILES string of the molecule is CCCCC12CC3C[C@@](Br)(C1)C[C@](Br)(C3)C2. The molecular weight excluding hydrogens is 328 g/mol. The van der Waals surface area contributed by atoms with Crippen LogP contribution in [-0.4, -0.2) is 8.65 Å². The van der Waals surface area contributed by atoms with E-state index in [1.807, 2.05) is 0 Å². The molecule has 4 saturated carbocycles. The lowest BCUT2D eigenvalue weighted by atomic mass is 9.48. The van der Waals surface area contributed by atoms with Crippen LogP contribution in [0.5, 0.6) is 0 Å². The van der Waals surface area contributed by atoms with Crippen molar-refractivity contribution in [3.05, 3.63) is 0 Å².